The summed E-state index contributed by atoms with van der Waals surface area (Å²) in [6.45, 7) is 6.57. The summed E-state index contributed by atoms with van der Waals surface area (Å²) in [7, 11) is 0. The molecule has 6 heteroatoms. The van der Waals surface area contributed by atoms with Gasteiger partial charge in [-0.15, -0.1) is 0 Å². The summed E-state index contributed by atoms with van der Waals surface area (Å²) in [6.07, 6.45) is 4.16. The molecule has 1 fully saturated rings. The van der Waals surface area contributed by atoms with Gasteiger partial charge in [-0.25, -0.2) is 4.98 Å². The first-order valence-electron chi connectivity index (χ1n) is 7.52. The largest absolute Gasteiger partial charge is 0.316 e. The Morgan fingerprint density at radius 2 is 2.43 bits per heavy atom. The SMILES string of the molecule is CCN(CC(=O)Nc1ccc(Br)cn1)CC1CCCNC1. The summed E-state index contributed by atoms with van der Waals surface area (Å²) in [6, 6.07) is 3.66. The molecule has 0 aromatic carbocycles. The molecule has 0 radical (unpaired) electrons. The van der Waals surface area contributed by atoms with Crippen LogP contribution in [0.25, 0.3) is 0 Å². The van der Waals surface area contributed by atoms with Gasteiger partial charge in [0.1, 0.15) is 5.82 Å². The van der Waals surface area contributed by atoms with Crippen LogP contribution in [0.1, 0.15) is 19.8 Å². The highest BCUT2D eigenvalue weighted by Crippen LogP contribution is 2.12. The monoisotopic (exact) mass is 354 g/mol. The number of hydrogen-bond acceptors (Lipinski definition) is 4. The number of hydrogen-bond donors (Lipinski definition) is 2. The van der Waals surface area contributed by atoms with Crippen LogP contribution in [0.3, 0.4) is 0 Å². The Morgan fingerprint density at radius 3 is 3.05 bits per heavy atom. The fourth-order valence-corrected chi connectivity index (χ4v) is 2.82. The lowest BCUT2D eigenvalue weighted by molar-refractivity contribution is -0.117. The van der Waals surface area contributed by atoms with Gasteiger partial charge in [0.2, 0.25) is 5.91 Å². The van der Waals surface area contributed by atoms with E-state index < -0.39 is 0 Å². The van der Waals surface area contributed by atoms with Gasteiger partial charge in [-0.1, -0.05) is 6.92 Å². The maximum Gasteiger partial charge on any atom is 0.239 e. The van der Waals surface area contributed by atoms with E-state index in [4.69, 9.17) is 0 Å². The molecule has 2 rings (SSSR count). The first kappa shape index (κ1) is 16.4. The highest BCUT2D eigenvalue weighted by atomic mass is 79.9. The fraction of sp³-hybridized carbons (Fsp3) is 0.600. The van der Waals surface area contributed by atoms with E-state index in [0.29, 0.717) is 18.3 Å². The summed E-state index contributed by atoms with van der Waals surface area (Å²) in [4.78, 5) is 18.4. The van der Waals surface area contributed by atoms with Crippen molar-refractivity contribution in [2.24, 2.45) is 5.92 Å². The van der Waals surface area contributed by atoms with Gasteiger partial charge in [-0.05, 0) is 66.5 Å². The van der Waals surface area contributed by atoms with Crippen LogP contribution in [0, 0.1) is 5.92 Å². The molecule has 1 aromatic heterocycles. The molecule has 0 saturated carbocycles. The van der Waals surface area contributed by atoms with Crippen molar-refractivity contribution in [2.75, 3.05) is 38.0 Å². The van der Waals surface area contributed by atoms with Crippen LogP contribution in [-0.2, 0) is 4.79 Å². The van der Waals surface area contributed by atoms with Crippen LogP contribution in [0.4, 0.5) is 5.82 Å². The predicted molar refractivity (Wildman–Crippen MR) is 88.3 cm³/mol. The Bertz CT molecular complexity index is 445. The zero-order valence-corrected chi connectivity index (χ0v) is 14.0. The Kier molecular flexibility index (Phi) is 6.60. The van der Waals surface area contributed by atoms with E-state index in [0.717, 1.165) is 30.7 Å². The van der Waals surface area contributed by atoms with E-state index in [1.54, 1.807) is 12.3 Å². The van der Waals surface area contributed by atoms with Gasteiger partial charge in [0.25, 0.3) is 0 Å². The first-order chi connectivity index (χ1) is 10.2. The number of carbonyl (C=O) groups is 1. The molecular weight excluding hydrogens is 332 g/mol. The Labute approximate surface area is 134 Å². The molecule has 1 saturated heterocycles. The minimum Gasteiger partial charge on any atom is -0.316 e. The predicted octanol–water partition coefficient (Wildman–Crippen LogP) is 2.10. The summed E-state index contributed by atoms with van der Waals surface area (Å²) in [5, 5.41) is 6.26. The van der Waals surface area contributed by atoms with Gasteiger partial charge in [0.05, 0.1) is 6.54 Å². The second kappa shape index (κ2) is 8.46. The average Bonchev–Trinajstić information content (AvgIpc) is 2.50. The molecule has 1 aliphatic heterocycles. The molecule has 0 bridgehead atoms. The third-order valence-corrected chi connectivity index (χ3v) is 4.19. The van der Waals surface area contributed by atoms with Crippen molar-refractivity contribution in [3.05, 3.63) is 22.8 Å². The Balaban J connectivity index is 1.79. The van der Waals surface area contributed by atoms with E-state index in [9.17, 15) is 4.79 Å². The second-order valence-corrected chi connectivity index (χ2v) is 6.37. The maximum absolute atomic E-state index is 12.1. The van der Waals surface area contributed by atoms with Crippen molar-refractivity contribution >= 4 is 27.7 Å². The zero-order chi connectivity index (χ0) is 15.1. The lowest BCUT2D eigenvalue weighted by Gasteiger charge is -2.28. The summed E-state index contributed by atoms with van der Waals surface area (Å²) >= 11 is 3.33. The van der Waals surface area contributed by atoms with E-state index in [1.807, 2.05) is 6.07 Å². The molecule has 1 amide bonds. The summed E-state index contributed by atoms with van der Waals surface area (Å²) in [5.41, 5.74) is 0. The maximum atomic E-state index is 12.1. The molecule has 1 unspecified atom stereocenters. The number of nitrogens with one attached hydrogen (secondary N) is 2. The van der Waals surface area contributed by atoms with Crippen molar-refractivity contribution in [3.63, 3.8) is 0 Å². The molecule has 2 N–H and O–H groups in total. The molecule has 21 heavy (non-hydrogen) atoms. The van der Waals surface area contributed by atoms with Crippen LogP contribution in [0.2, 0.25) is 0 Å². The van der Waals surface area contributed by atoms with Gasteiger partial charge in [-0.2, -0.15) is 0 Å². The summed E-state index contributed by atoms with van der Waals surface area (Å²) < 4.78 is 0.903. The number of rotatable bonds is 6. The van der Waals surface area contributed by atoms with Crippen LogP contribution in [0.15, 0.2) is 22.8 Å². The van der Waals surface area contributed by atoms with Gasteiger partial charge >= 0.3 is 0 Å². The second-order valence-electron chi connectivity index (χ2n) is 5.45. The highest BCUT2D eigenvalue weighted by Gasteiger charge is 2.18. The van der Waals surface area contributed by atoms with Crippen LogP contribution < -0.4 is 10.6 Å². The van der Waals surface area contributed by atoms with Gasteiger partial charge < -0.3 is 10.6 Å². The van der Waals surface area contributed by atoms with Crippen molar-refractivity contribution in [1.82, 2.24) is 15.2 Å². The number of aromatic nitrogens is 1. The highest BCUT2D eigenvalue weighted by molar-refractivity contribution is 9.10. The minimum absolute atomic E-state index is 0.00422. The van der Waals surface area contributed by atoms with Gasteiger partial charge in [0, 0.05) is 17.2 Å². The minimum atomic E-state index is -0.00422. The molecule has 0 aliphatic carbocycles. The molecule has 2 heterocycles. The average molecular weight is 355 g/mol. The van der Waals surface area contributed by atoms with Crippen LogP contribution in [-0.4, -0.2) is 48.5 Å². The number of amides is 1. The van der Waals surface area contributed by atoms with E-state index in [1.165, 1.54) is 12.8 Å². The molecule has 5 nitrogen and oxygen atoms in total. The quantitative estimate of drug-likeness (QED) is 0.821. The molecule has 1 atom stereocenters. The van der Waals surface area contributed by atoms with Crippen molar-refractivity contribution in [2.45, 2.75) is 19.8 Å². The van der Waals surface area contributed by atoms with E-state index in [-0.39, 0.29) is 5.91 Å². The third kappa shape index (κ3) is 5.73. The zero-order valence-electron chi connectivity index (χ0n) is 12.4. The third-order valence-electron chi connectivity index (χ3n) is 3.72. The number of halogens is 1. The Morgan fingerprint density at radius 1 is 1.57 bits per heavy atom. The van der Waals surface area contributed by atoms with Crippen molar-refractivity contribution < 1.29 is 4.79 Å². The van der Waals surface area contributed by atoms with Crippen LogP contribution in [0.5, 0.6) is 0 Å². The smallest absolute Gasteiger partial charge is 0.239 e. The van der Waals surface area contributed by atoms with Crippen molar-refractivity contribution in [3.8, 4) is 0 Å². The van der Waals surface area contributed by atoms with Crippen molar-refractivity contribution in [1.29, 1.82) is 0 Å². The molecule has 1 aromatic rings. The van der Waals surface area contributed by atoms with Gasteiger partial charge in [0.15, 0.2) is 0 Å². The molecule has 0 spiro atoms. The number of pyridine rings is 1. The van der Waals surface area contributed by atoms with E-state index >= 15 is 0 Å². The normalized spacial score (nSPS) is 18.7. The topological polar surface area (TPSA) is 57.3 Å². The molecule has 116 valence electrons. The number of anilines is 1. The van der Waals surface area contributed by atoms with Gasteiger partial charge in [-0.3, -0.25) is 9.69 Å². The first-order valence-corrected chi connectivity index (χ1v) is 8.31. The van der Waals surface area contributed by atoms with Crippen LogP contribution >= 0.6 is 15.9 Å². The number of nitrogens with zero attached hydrogens (tertiary/aromatic N) is 2. The van der Waals surface area contributed by atoms with E-state index in [2.05, 4.69) is 43.4 Å². The standard InChI is InChI=1S/C15H23BrN4O/c1-2-20(10-12-4-3-7-17-8-12)11-15(21)19-14-6-5-13(16)9-18-14/h5-6,9,12,17H,2-4,7-8,10-11H2,1H3,(H,18,19,21). The lowest BCUT2D eigenvalue weighted by Crippen LogP contribution is -2.41. The molecular formula is C15H23BrN4O. The summed E-state index contributed by atoms with van der Waals surface area (Å²) in [5.74, 6) is 1.24. The molecule has 1 aliphatic rings. The number of carbonyl (C=O) groups excluding carboxylic acids is 1. The number of piperidine rings is 1. The fourth-order valence-electron chi connectivity index (χ4n) is 2.59. The Hall–Kier alpha value is -0.980. The number of likely N-dealkylation sites (N-methyl/N-ethyl adjacent to an activating group) is 1. The lowest BCUT2D eigenvalue weighted by atomic mass is 9.99.